The van der Waals surface area contributed by atoms with Crippen LogP contribution in [0.3, 0.4) is 0 Å². The largest absolute Gasteiger partial charge is 0.465 e. The van der Waals surface area contributed by atoms with Gasteiger partial charge in [-0.1, -0.05) is 29.0 Å². The Bertz CT molecular complexity index is 1300. The van der Waals surface area contributed by atoms with Crippen LogP contribution in [0.4, 0.5) is 9.80 Å². The van der Waals surface area contributed by atoms with E-state index >= 15 is 0 Å². The summed E-state index contributed by atoms with van der Waals surface area (Å²) in [4.78, 5) is 31.6. The third-order valence-electron chi connectivity index (χ3n) is 5.02. The Morgan fingerprint density at radius 2 is 1.97 bits per heavy atom. The molecule has 1 saturated heterocycles. The number of aryl methyl sites for hydroxylation is 1. The molecular weight excluding hydrogens is 444 g/mol. The monoisotopic (exact) mass is 464 g/mol. The van der Waals surface area contributed by atoms with Crippen LogP contribution in [-0.2, 0) is 10.1 Å². The van der Waals surface area contributed by atoms with E-state index in [9.17, 15) is 23.1 Å². The standard InChI is InChI=1S/C19H20N4O6S2/c1-12-3-5-14(6-4-12)31(27,28)29-15-9-16(24)23-11-17(30-18(23)20-15)21-7-8-22(19(25)26)13(2)10-21/h3-6,9,11,13H,7-8,10H2,1-2H3,(H,25,26)/t13-/m0/s1. The van der Waals surface area contributed by atoms with Crippen molar-refractivity contribution in [3.05, 3.63) is 52.4 Å². The molecule has 31 heavy (non-hydrogen) atoms. The minimum atomic E-state index is -4.13. The molecule has 12 heteroatoms. The normalized spacial score (nSPS) is 17.2. The number of fused-ring (bicyclic) bond motifs is 1. The quantitative estimate of drug-likeness (QED) is 0.582. The van der Waals surface area contributed by atoms with Gasteiger partial charge >= 0.3 is 16.2 Å². The van der Waals surface area contributed by atoms with Gasteiger partial charge in [-0.25, -0.2) is 4.79 Å². The highest BCUT2D eigenvalue weighted by molar-refractivity contribution is 7.87. The van der Waals surface area contributed by atoms with Gasteiger partial charge in [0.25, 0.3) is 5.56 Å². The Morgan fingerprint density at radius 3 is 2.61 bits per heavy atom. The summed E-state index contributed by atoms with van der Waals surface area (Å²) in [6.07, 6.45) is 0.662. The van der Waals surface area contributed by atoms with Crippen LogP contribution in [0.25, 0.3) is 4.96 Å². The maximum atomic E-state index is 12.5. The van der Waals surface area contributed by atoms with Crippen molar-refractivity contribution in [2.24, 2.45) is 0 Å². The lowest BCUT2D eigenvalue weighted by molar-refractivity contribution is 0.123. The Labute approximate surface area is 182 Å². The molecule has 0 saturated carbocycles. The van der Waals surface area contributed by atoms with E-state index in [1.165, 1.54) is 32.8 Å². The van der Waals surface area contributed by atoms with Gasteiger partial charge in [-0.15, -0.1) is 0 Å². The Balaban J connectivity index is 1.60. The smallest absolute Gasteiger partial charge is 0.407 e. The van der Waals surface area contributed by atoms with Crippen molar-refractivity contribution < 1.29 is 22.5 Å². The molecule has 1 aromatic carbocycles. The Hall–Kier alpha value is -3.12. The highest BCUT2D eigenvalue weighted by Gasteiger charge is 2.28. The molecule has 0 aliphatic carbocycles. The zero-order chi connectivity index (χ0) is 22.3. The molecule has 10 nitrogen and oxygen atoms in total. The summed E-state index contributed by atoms with van der Waals surface area (Å²) in [5.41, 5.74) is 0.431. The molecule has 164 valence electrons. The van der Waals surface area contributed by atoms with Gasteiger partial charge in [0, 0.05) is 31.9 Å². The lowest BCUT2D eigenvalue weighted by Crippen LogP contribution is -2.53. The number of thiazole rings is 1. The van der Waals surface area contributed by atoms with Crippen molar-refractivity contribution in [3.63, 3.8) is 0 Å². The number of benzene rings is 1. The molecule has 4 rings (SSSR count). The van der Waals surface area contributed by atoms with Crippen LogP contribution >= 0.6 is 11.3 Å². The summed E-state index contributed by atoms with van der Waals surface area (Å²) < 4.78 is 31.4. The van der Waals surface area contributed by atoms with Gasteiger partial charge in [0.05, 0.1) is 6.07 Å². The molecule has 3 heterocycles. The SMILES string of the molecule is Cc1ccc(S(=O)(=O)Oc2cc(=O)n3cc(N4CCN(C(=O)O)[C@@H](C)C4)sc3n2)cc1. The minimum Gasteiger partial charge on any atom is -0.465 e. The molecular formula is C19H20N4O6S2. The van der Waals surface area contributed by atoms with Crippen molar-refractivity contribution >= 4 is 37.5 Å². The third kappa shape index (κ3) is 4.21. The average molecular weight is 465 g/mol. The summed E-state index contributed by atoms with van der Waals surface area (Å²) in [5, 5.41) is 9.96. The van der Waals surface area contributed by atoms with E-state index in [-0.39, 0.29) is 21.8 Å². The Morgan fingerprint density at radius 1 is 1.26 bits per heavy atom. The first-order valence-corrected chi connectivity index (χ1v) is 11.7. The number of carbonyl (C=O) groups is 1. The number of hydrogen-bond donors (Lipinski definition) is 1. The van der Waals surface area contributed by atoms with Gasteiger partial charge in [-0.2, -0.15) is 13.4 Å². The molecule has 2 aromatic heterocycles. The third-order valence-corrected chi connectivity index (χ3v) is 7.30. The van der Waals surface area contributed by atoms with Crippen LogP contribution in [0.2, 0.25) is 0 Å². The minimum absolute atomic E-state index is 0.0303. The molecule has 1 aliphatic rings. The van der Waals surface area contributed by atoms with Gasteiger partial charge in [-0.3, -0.25) is 9.20 Å². The zero-order valence-electron chi connectivity index (χ0n) is 16.8. The molecule has 0 unspecified atom stereocenters. The fourth-order valence-corrected chi connectivity index (χ4v) is 5.26. The van der Waals surface area contributed by atoms with E-state index in [4.69, 9.17) is 4.18 Å². The fourth-order valence-electron chi connectivity index (χ4n) is 3.37. The predicted molar refractivity (Wildman–Crippen MR) is 115 cm³/mol. The first-order valence-electron chi connectivity index (χ1n) is 9.43. The van der Waals surface area contributed by atoms with Gasteiger partial charge < -0.3 is 19.1 Å². The van der Waals surface area contributed by atoms with Crippen molar-refractivity contribution in [2.75, 3.05) is 24.5 Å². The fraction of sp³-hybridized carbons (Fsp3) is 0.316. The van der Waals surface area contributed by atoms with Gasteiger partial charge in [0.15, 0.2) is 0 Å². The van der Waals surface area contributed by atoms with Gasteiger partial charge in [0.1, 0.15) is 9.90 Å². The van der Waals surface area contributed by atoms with E-state index in [2.05, 4.69) is 4.98 Å². The van der Waals surface area contributed by atoms with Crippen LogP contribution in [0.5, 0.6) is 5.88 Å². The van der Waals surface area contributed by atoms with Crippen LogP contribution in [0.1, 0.15) is 12.5 Å². The lowest BCUT2D eigenvalue weighted by atomic mass is 10.2. The highest BCUT2D eigenvalue weighted by atomic mass is 32.2. The van der Waals surface area contributed by atoms with Crippen molar-refractivity contribution in [1.29, 1.82) is 0 Å². The zero-order valence-corrected chi connectivity index (χ0v) is 18.4. The number of amides is 1. The van der Waals surface area contributed by atoms with E-state index in [1.807, 2.05) is 18.7 Å². The number of piperazine rings is 1. The molecule has 3 aromatic rings. The molecule has 1 aliphatic heterocycles. The second-order valence-electron chi connectivity index (χ2n) is 7.28. The summed E-state index contributed by atoms with van der Waals surface area (Å²) >= 11 is 1.20. The maximum absolute atomic E-state index is 12.5. The van der Waals surface area contributed by atoms with E-state index < -0.39 is 21.8 Å². The molecule has 1 amide bonds. The van der Waals surface area contributed by atoms with Crippen molar-refractivity contribution in [3.8, 4) is 5.88 Å². The number of anilines is 1. The highest BCUT2D eigenvalue weighted by Crippen LogP contribution is 2.28. The number of carboxylic acid groups (broad SMARTS) is 1. The second-order valence-corrected chi connectivity index (χ2v) is 9.81. The average Bonchev–Trinajstić information content (AvgIpc) is 3.12. The molecule has 0 radical (unpaired) electrons. The number of hydrogen-bond acceptors (Lipinski definition) is 8. The van der Waals surface area contributed by atoms with Gasteiger partial charge in [-0.05, 0) is 26.0 Å². The van der Waals surface area contributed by atoms with Crippen LogP contribution < -0.4 is 14.6 Å². The molecule has 1 atom stereocenters. The van der Waals surface area contributed by atoms with E-state index in [1.54, 1.807) is 18.3 Å². The molecule has 1 N–H and O–H groups in total. The van der Waals surface area contributed by atoms with Crippen molar-refractivity contribution in [2.45, 2.75) is 24.8 Å². The van der Waals surface area contributed by atoms with E-state index in [0.717, 1.165) is 16.6 Å². The van der Waals surface area contributed by atoms with E-state index in [0.29, 0.717) is 19.6 Å². The first kappa shape index (κ1) is 21.1. The van der Waals surface area contributed by atoms with Crippen LogP contribution in [0.15, 0.2) is 46.2 Å². The molecule has 0 bridgehead atoms. The van der Waals surface area contributed by atoms with Gasteiger partial charge in [0.2, 0.25) is 10.8 Å². The Kier molecular flexibility index (Phi) is 5.35. The van der Waals surface area contributed by atoms with Crippen LogP contribution in [-0.4, -0.2) is 59.6 Å². The topological polar surface area (TPSA) is 122 Å². The van der Waals surface area contributed by atoms with Crippen molar-refractivity contribution in [1.82, 2.24) is 14.3 Å². The summed E-state index contributed by atoms with van der Waals surface area (Å²) in [7, 11) is -4.13. The predicted octanol–water partition coefficient (Wildman–Crippen LogP) is 2.02. The number of nitrogens with zero attached hydrogens (tertiary/aromatic N) is 4. The summed E-state index contributed by atoms with van der Waals surface area (Å²) in [6.45, 7) is 4.95. The second kappa shape index (κ2) is 7.85. The lowest BCUT2D eigenvalue weighted by Gasteiger charge is -2.38. The molecule has 0 spiro atoms. The maximum Gasteiger partial charge on any atom is 0.407 e. The first-order chi connectivity index (χ1) is 14.6. The molecule has 1 fully saturated rings. The summed E-state index contributed by atoms with van der Waals surface area (Å²) in [5.74, 6) is -0.303. The summed E-state index contributed by atoms with van der Waals surface area (Å²) in [6, 6.07) is 6.98. The number of aromatic nitrogens is 2. The number of rotatable bonds is 4. The van der Waals surface area contributed by atoms with Crippen LogP contribution in [0, 0.1) is 6.92 Å².